The van der Waals surface area contributed by atoms with Gasteiger partial charge >= 0.3 is 0 Å². The molecule has 2 rings (SSSR count). The van der Waals surface area contributed by atoms with Crippen LogP contribution in [0.1, 0.15) is 5.56 Å². The Morgan fingerprint density at radius 1 is 1.57 bits per heavy atom. The fraction of sp³-hybridized carbons (Fsp3) is 0.455. The Kier molecular flexibility index (Phi) is 2.59. The van der Waals surface area contributed by atoms with Gasteiger partial charge in [-0.2, -0.15) is 0 Å². The molecule has 0 bridgehead atoms. The monoisotopic (exact) mass is 193 g/mol. The SMILES string of the molecule is COCC1COc2cc(N)ccc2C1. The summed E-state index contributed by atoms with van der Waals surface area (Å²) in [5, 5.41) is 0. The Labute approximate surface area is 83.8 Å². The van der Waals surface area contributed by atoms with E-state index in [4.69, 9.17) is 15.2 Å². The van der Waals surface area contributed by atoms with Gasteiger partial charge in [-0.05, 0) is 18.1 Å². The minimum absolute atomic E-state index is 0.469. The predicted octanol–water partition coefficient (Wildman–Crippen LogP) is 1.47. The fourth-order valence-electron chi connectivity index (χ4n) is 1.79. The average molecular weight is 193 g/mol. The van der Waals surface area contributed by atoms with Gasteiger partial charge in [0.25, 0.3) is 0 Å². The van der Waals surface area contributed by atoms with Crippen molar-refractivity contribution in [3.63, 3.8) is 0 Å². The van der Waals surface area contributed by atoms with Crippen molar-refractivity contribution < 1.29 is 9.47 Å². The number of nitrogens with two attached hydrogens (primary N) is 1. The van der Waals surface area contributed by atoms with Crippen molar-refractivity contribution in [2.75, 3.05) is 26.1 Å². The molecule has 0 radical (unpaired) electrons. The summed E-state index contributed by atoms with van der Waals surface area (Å²) < 4.78 is 10.7. The number of hydrogen-bond donors (Lipinski definition) is 1. The highest BCUT2D eigenvalue weighted by molar-refractivity contribution is 5.49. The van der Waals surface area contributed by atoms with Crippen molar-refractivity contribution in [2.24, 2.45) is 5.92 Å². The number of ether oxygens (including phenoxy) is 2. The summed E-state index contributed by atoms with van der Waals surface area (Å²) in [5.41, 5.74) is 7.66. The molecule has 1 aliphatic rings. The standard InChI is InChI=1S/C11H15NO2/c1-13-6-8-4-9-2-3-10(12)5-11(9)14-7-8/h2-3,5,8H,4,6-7,12H2,1H3. The second-order valence-electron chi connectivity index (χ2n) is 3.70. The highest BCUT2D eigenvalue weighted by atomic mass is 16.5. The molecule has 0 aliphatic carbocycles. The van der Waals surface area contributed by atoms with Crippen molar-refractivity contribution >= 4 is 5.69 Å². The van der Waals surface area contributed by atoms with Gasteiger partial charge in [-0.3, -0.25) is 0 Å². The first-order valence-corrected chi connectivity index (χ1v) is 4.79. The maximum absolute atomic E-state index is 5.67. The lowest BCUT2D eigenvalue weighted by Gasteiger charge is -2.24. The lowest BCUT2D eigenvalue weighted by molar-refractivity contribution is 0.108. The molecule has 1 unspecified atom stereocenters. The van der Waals surface area contributed by atoms with Crippen LogP contribution in [0.15, 0.2) is 18.2 Å². The first kappa shape index (κ1) is 9.34. The zero-order chi connectivity index (χ0) is 9.97. The topological polar surface area (TPSA) is 44.5 Å². The quantitative estimate of drug-likeness (QED) is 0.723. The van der Waals surface area contributed by atoms with Gasteiger partial charge < -0.3 is 15.2 Å². The maximum atomic E-state index is 5.67. The van der Waals surface area contributed by atoms with Crippen LogP contribution < -0.4 is 10.5 Å². The van der Waals surface area contributed by atoms with Crippen molar-refractivity contribution in [2.45, 2.75) is 6.42 Å². The van der Waals surface area contributed by atoms with Gasteiger partial charge in [-0.15, -0.1) is 0 Å². The second-order valence-corrected chi connectivity index (χ2v) is 3.70. The van der Waals surface area contributed by atoms with E-state index < -0.39 is 0 Å². The molecular formula is C11H15NO2. The van der Waals surface area contributed by atoms with Gasteiger partial charge in [0.05, 0.1) is 13.2 Å². The Hall–Kier alpha value is -1.22. The Morgan fingerprint density at radius 3 is 3.21 bits per heavy atom. The highest BCUT2D eigenvalue weighted by Crippen LogP contribution is 2.29. The summed E-state index contributed by atoms with van der Waals surface area (Å²) in [6.07, 6.45) is 1.02. The smallest absolute Gasteiger partial charge is 0.124 e. The van der Waals surface area contributed by atoms with Gasteiger partial charge in [0.15, 0.2) is 0 Å². The molecule has 0 fully saturated rings. The third kappa shape index (κ3) is 1.82. The lowest BCUT2D eigenvalue weighted by Crippen LogP contribution is -2.24. The van der Waals surface area contributed by atoms with E-state index in [0.29, 0.717) is 5.92 Å². The molecule has 14 heavy (non-hydrogen) atoms. The number of rotatable bonds is 2. The molecule has 0 amide bonds. The zero-order valence-corrected chi connectivity index (χ0v) is 8.32. The largest absolute Gasteiger partial charge is 0.493 e. The van der Waals surface area contributed by atoms with E-state index in [1.807, 2.05) is 18.2 Å². The van der Waals surface area contributed by atoms with Gasteiger partial charge in [0.1, 0.15) is 5.75 Å². The summed E-state index contributed by atoms with van der Waals surface area (Å²) >= 11 is 0. The van der Waals surface area contributed by atoms with Gasteiger partial charge in [0, 0.05) is 24.8 Å². The average Bonchev–Trinajstić information content (AvgIpc) is 2.19. The first-order chi connectivity index (χ1) is 6.79. The number of anilines is 1. The van der Waals surface area contributed by atoms with Crippen LogP contribution in [0, 0.1) is 5.92 Å². The number of methoxy groups -OCH3 is 1. The van der Waals surface area contributed by atoms with Crippen LogP contribution in [0.5, 0.6) is 5.75 Å². The van der Waals surface area contributed by atoms with E-state index in [2.05, 4.69) is 0 Å². The van der Waals surface area contributed by atoms with Crippen LogP contribution in [-0.4, -0.2) is 20.3 Å². The van der Waals surface area contributed by atoms with Crippen molar-refractivity contribution in [1.29, 1.82) is 0 Å². The molecule has 1 aromatic carbocycles. The van der Waals surface area contributed by atoms with Crippen LogP contribution in [0.25, 0.3) is 0 Å². The van der Waals surface area contributed by atoms with E-state index in [0.717, 1.165) is 31.1 Å². The van der Waals surface area contributed by atoms with Crippen LogP contribution in [0.3, 0.4) is 0 Å². The molecule has 1 heterocycles. The van der Waals surface area contributed by atoms with E-state index >= 15 is 0 Å². The molecule has 76 valence electrons. The third-order valence-corrected chi connectivity index (χ3v) is 2.48. The third-order valence-electron chi connectivity index (χ3n) is 2.48. The molecular weight excluding hydrogens is 178 g/mol. The molecule has 0 spiro atoms. The summed E-state index contributed by atoms with van der Waals surface area (Å²) in [6.45, 7) is 1.48. The summed E-state index contributed by atoms with van der Waals surface area (Å²) in [7, 11) is 1.72. The number of nitrogen functional groups attached to an aromatic ring is 1. The molecule has 0 aromatic heterocycles. The van der Waals surface area contributed by atoms with E-state index in [1.165, 1.54) is 5.56 Å². The van der Waals surface area contributed by atoms with E-state index in [-0.39, 0.29) is 0 Å². The fourth-order valence-corrected chi connectivity index (χ4v) is 1.79. The summed E-state index contributed by atoms with van der Waals surface area (Å²) in [4.78, 5) is 0. The van der Waals surface area contributed by atoms with E-state index in [1.54, 1.807) is 7.11 Å². The maximum Gasteiger partial charge on any atom is 0.124 e. The first-order valence-electron chi connectivity index (χ1n) is 4.79. The van der Waals surface area contributed by atoms with Gasteiger partial charge in [-0.1, -0.05) is 6.07 Å². The van der Waals surface area contributed by atoms with Gasteiger partial charge in [0.2, 0.25) is 0 Å². The molecule has 1 aromatic rings. The number of hydrogen-bond acceptors (Lipinski definition) is 3. The molecule has 1 atom stereocenters. The van der Waals surface area contributed by atoms with Crippen molar-refractivity contribution in [3.8, 4) is 5.75 Å². The van der Waals surface area contributed by atoms with E-state index in [9.17, 15) is 0 Å². The zero-order valence-electron chi connectivity index (χ0n) is 8.32. The summed E-state index contributed by atoms with van der Waals surface area (Å²) in [6, 6.07) is 5.84. The van der Waals surface area contributed by atoms with Crippen LogP contribution in [-0.2, 0) is 11.2 Å². The van der Waals surface area contributed by atoms with Crippen molar-refractivity contribution in [3.05, 3.63) is 23.8 Å². The highest BCUT2D eigenvalue weighted by Gasteiger charge is 2.19. The Balaban J connectivity index is 2.15. The molecule has 3 nitrogen and oxygen atoms in total. The lowest BCUT2D eigenvalue weighted by atomic mass is 9.97. The summed E-state index contributed by atoms with van der Waals surface area (Å²) in [5.74, 6) is 1.40. The molecule has 0 saturated carbocycles. The minimum atomic E-state index is 0.469. The van der Waals surface area contributed by atoms with Crippen molar-refractivity contribution in [1.82, 2.24) is 0 Å². The van der Waals surface area contributed by atoms with Crippen LogP contribution >= 0.6 is 0 Å². The van der Waals surface area contributed by atoms with Gasteiger partial charge in [-0.25, -0.2) is 0 Å². The van der Waals surface area contributed by atoms with Crippen LogP contribution in [0.4, 0.5) is 5.69 Å². The molecule has 2 N–H and O–H groups in total. The Bertz CT molecular complexity index is 325. The normalized spacial score (nSPS) is 19.9. The van der Waals surface area contributed by atoms with Crippen LogP contribution in [0.2, 0.25) is 0 Å². The second kappa shape index (κ2) is 3.88. The molecule has 3 heteroatoms. The molecule has 0 saturated heterocycles. The number of benzene rings is 1. The number of fused-ring (bicyclic) bond motifs is 1. The molecule has 1 aliphatic heterocycles. The Morgan fingerprint density at radius 2 is 2.43 bits per heavy atom. The predicted molar refractivity (Wildman–Crippen MR) is 55.4 cm³/mol. The minimum Gasteiger partial charge on any atom is -0.493 e.